The zero-order valence-electron chi connectivity index (χ0n) is 9.80. The van der Waals surface area contributed by atoms with E-state index in [1.54, 1.807) is 23.5 Å². The molecule has 2 rings (SSSR count). The Morgan fingerprint density at radius 3 is 2.28 bits per heavy atom. The third kappa shape index (κ3) is 3.96. The lowest BCUT2D eigenvalue weighted by Crippen LogP contribution is -1.90. The summed E-state index contributed by atoms with van der Waals surface area (Å²) in [6, 6.07) is 14.5. The van der Waals surface area contributed by atoms with Gasteiger partial charge in [-0.3, -0.25) is 0 Å². The molecule has 18 heavy (non-hydrogen) atoms. The Balaban J connectivity index is 1.76. The Labute approximate surface area is 115 Å². The number of rotatable bonds is 5. The fraction of sp³-hybridized carbons (Fsp3) is 0.143. The number of hydrogen-bond donors (Lipinski definition) is 1. The highest BCUT2D eigenvalue weighted by Crippen LogP contribution is 2.26. The summed E-state index contributed by atoms with van der Waals surface area (Å²) in [5, 5.41) is 0. The molecule has 0 aliphatic rings. The van der Waals surface area contributed by atoms with Crippen molar-refractivity contribution in [3.05, 3.63) is 54.3 Å². The van der Waals surface area contributed by atoms with Crippen LogP contribution in [-0.4, -0.2) is 11.5 Å². The zero-order valence-corrected chi connectivity index (χ0v) is 11.4. The van der Waals surface area contributed by atoms with Crippen molar-refractivity contribution in [2.24, 2.45) is 0 Å². The van der Waals surface area contributed by atoms with Crippen molar-refractivity contribution >= 4 is 29.2 Å². The van der Waals surface area contributed by atoms with Gasteiger partial charge in [-0.05, 0) is 36.4 Å². The Kier molecular flexibility index (Phi) is 4.96. The first-order valence-corrected chi connectivity index (χ1v) is 7.58. The van der Waals surface area contributed by atoms with E-state index in [2.05, 4.69) is 0 Å². The zero-order chi connectivity index (χ0) is 12.8. The van der Waals surface area contributed by atoms with Gasteiger partial charge < -0.3 is 5.73 Å². The fourth-order valence-electron chi connectivity index (χ4n) is 1.45. The van der Waals surface area contributed by atoms with E-state index >= 15 is 0 Å². The lowest BCUT2D eigenvalue weighted by atomic mass is 10.3. The number of halogens is 1. The molecule has 0 atom stereocenters. The van der Waals surface area contributed by atoms with E-state index in [0.717, 1.165) is 27.0 Å². The number of benzene rings is 2. The van der Waals surface area contributed by atoms with Gasteiger partial charge in [0.2, 0.25) is 0 Å². The second-order valence-corrected chi connectivity index (χ2v) is 5.99. The molecule has 2 aromatic carbocycles. The van der Waals surface area contributed by atoms with Crippen molar-refractivity contribution in [3.8, 4) is 0 Å². The summed E-state index contributed by atoms with van der Waals surface area (Å²) >= 11 is 3.48. The van der Waals surface area contributed by atoms with Crippen molar-refractivity contribution in [2.75, 3.05) is 17.2 Å². The van der Waals surface area contributed by atoms with Gasteiger partial charge in [0.15, 0.2) is 0 Å². The summed E-state index contributed by atoms with van der Waals surface area (Å²) in [5.74, 6) is 1.77. The lowest BCUT2D eigenvalue weighted by Gasteiger charge is -2.05. The minimum absolute atomic E-state index is 0.189. The third-order valence-electron chi connectivity index (χ3n) is 2.34. The predicted octanol–water partition coefficient (Wildman–Crippen LogP) is 4.29. The number of anilines is 1. The van der Waals surface area contributed by atoms with E-state index in [4.69, 9.17) is 5.73 Å². The molecule has 1 nitrogen and oxygen atoms in total. The summed E-state index contributed by atoms with van der Waals surface area (Å²) < 4.78 is 12.7. The van der Waals surface area contributed by atoms with Crippen molar-refractivity contribution in [3.63, 3.8) is 0 Å². The van der Waals surface area contributed by atoms with Gasteiger partial charge in [-0.15, -0.1) is 23.5 Å². The monoisotopic (exact) mass is 279 g/mol. The average Bonchev–Trinajstić information content (AvgIpc) is 2.39. The van der Waals surface area contributed by atoms with Crippen LogP contribution >= 0.6 is 23.5 Å². The van der Waals surface area contributed by atoms with Gasteiger partial charge in [0.05, 0.1) is 0 Å². The maximum absolute atomic E-state index is 12.7. The first kappa shape index (κ1) is 13.3. The summed E-state index contributed by atoms with van der Waals surface area (Å²) in [6.45, 7) is 0. The number of thioether (sulfide) groups is 2. The van der Waals surface area contributed by atoms with Crippen LogP contribution in [0.4, 0.5) is 10.1 Å². The van der Waals surface area contributed by atoms with Crippen LogP contribution in [0.15, 0.2) is 58.3 Å². The molecule has 0 radical (unpaired) electrons. The molecule has 2 aromatic rings. The number of nitrogens with two attached hydrogens (primary N) is 1. The Morgan fingerprint density at radius 2 is 1.56 bits per heavy atom. The molecular formula is C14H14FNS2. The minimum atomic E-state index is -0.189. The molecule has 0 fully saturated rings. The summed E-state index contributed by atoms with van der Waals surface area (Å²) in [5.41, 5.74) is 6.69. The molecule has 0 amide bonds. The smallest absolute Gasteiger partial charge is 0.123 e. The van der Waals surface area contributed by atoms with Crippen LogP contribution in [0.1, 0.15) is 0 Å². The van der Waals surface area contributed by atoms with Crippen molar-refractivity contribution in [2.45, 2.75) is 9.79 Å². The number of hydrogen-bond acceptors (Lipinski definition) is 3. The molecule has 0 aliphatic heterocycles. The van der Waals surface area contributed by atoms with Gasteiger partial charge in [-0.1, -0.05) is 12.1 Å². The topological polar surface area (TPSA) is 26.0 Å². The molecule has 0 saturated heterocycles. The van der Waals surface area contributed by atoms with Crippen molar-refractivity contribution < 1.29 is 4.39 Å². The van der Waals surface area contributed by atoms with Crippen LogP contribution in [-0.2, 0) is 0 Å². The normalized spacial score (nSPS) is 10.5. The summed E-state index contributed by atoms with van der Waals surface area (Å²) in [7, 11) is 0. The fourth-order valence-corrected chi connectivity index (χ4v) is 3.31. The molecule has 4 heteroatoms. The Bertz CT molecular complexity index is 499. The first-order chi connectivity index (χ1) is 8.75. The first-order valence-electron chi connectivity index (χ1n) is 5.61. The van der Waals surface area contributed by atoms with Crippen LogP contribution in [0.25, 0.3) is 0 Å². The number of para-hydroxylation sites is 1. The molecule has 0 aromatic heterocycles. The second-order valence-electron chi connectivity index (χ2n) is 3.69. The molecule has 0 bridgehead atoms. The minimum Gasteiger partial charge on any atom is -0.398 e. The predicted molar refractivity (Wildman–Crippen MR) is 78.7 cm³/mol. The molecule has 94 valence electrons. The summed E-state index contributed by atoms with van der Waals surface area (Å²) in [6.07, 6.45) is 0. The molecule has 0 heterocycles. The summed E-state index contributed by atoms with van der Waals surface area (Å²) in [4.78, 5) is 2.22. The van der Waals surface area contributed by atoms with Crippen LogP contribution in [0.5, 0.6) is 0 Å². The van der Waals surface area contributed by atoms with Crippen LogP contribution < -0.4 is 5.73 Å². The molecular weight excluding hydrogens is 265 g/mol. The lowest BCUT2D eigenvalue weighted by molar-refractivity contribution is 0.626. The van der Waals surface area contributed by atoms with E-state index in [1.807, 2.05) is 36.4 Å². The molecule has 0 unspecified atom stereocenters. The largest absolute Gasteiger partial charge is 0.398 e. The van der Waals surface area contributed by atoms with Gasteiger partial charge in [0.1, 0.15) is 5.82 Å². The van der Waals surface area contributed by atoms with E-state index in [9.17, 15) is 4.39 Å². The molecule has 0 spiro atoms. The molecule has 0 aliphatic carbocycles. The third-order valence-corrected chi connectivity index (χ3v) is 4.71. The van der Waals surface area contributed by atoms with Crippen LogP contribution in [0.2, 0.25) is 0 Å². The maximum atomic E-state index is 12.7. The van der Waals surface area contributed by atoms with Crippen LogP contribution in [0, 0.1) is 5.82 Å². The standard InChI is InChI=1S/C14H14FNS2/c15-11-5-7-12(8-6-11)17-9-10-18-14-4-2-1-3-13(14)16/h1-8H,9-10,16H2. The highest BCUT2D eigenvalue weighted by Gasteiger charge is 1.99. The van der Waals surface area contributed by atoms with Gasteiger partial charge in [-0.2, -0.15) is 0 Å². The highest BCUT2D eigenvalue weighted by molar-refractivity contribution is 8.03. The SMILES string of the molecule is Nc1ccccc1SCCSc1ccc(F)cc1. The highest BCUT2D eigenvalue weighted by atomic mass is 32.2. The van der Waals surface area contributed by atoms with Gasteiger partial charge in [-0.25, -0.2) is 4.39 Å². The van der Waals surface area contributed by atoms with Gasteiger partial charge >= 0.3 is 0 Å². The quantitative estimate of drug-likeness (QED) is 0.502. The Hall–Kier alpha value is -1.13. The number of nitrogen functional groups attached to an aromatic ring is 1. The second kappa shape index (κ2) is 6.71. The average molecular weight is 279 g/mol. The maximum Gasteiger partial charge on any atom is 0.123 e. The van der Waals surface area contributed by atoms with E-state index in [-0.39, 0.29) is 5.82 Å². The van der Waals surface area contributed by atoms with E-state index in [1.165, 1.54) is 12.1 Å². The van der Waals surface area contributed by atoms with Crippen molar-refractivity contribution in [1.29, 1.82) is 0 Å². The van der Waals surface area contributed by atoms with Crippen LogP contribution in [0.3, 0.4) is 0 Å². The van der Waals surface area contributed by atoms with Gasteiger partial charge in [0, 0.05) is 27.0 Å². The van der Waals surface area contributed by atoms with Crippen molar-refractivity contribution in [1.82, 2.24) is 0 Å². The van der Waals surface area contributed by atoms with Gasteiger partial charge in [0.25, 0.3) is 0 Å². The van der Waals surface area contributed by atoms with E-state index < -0.39 is 0 Å². The van der Waals surface area contributed by atoms with E-state index in [0.29, 0.717) is 0 Å². The Morgan fingerprint density at radius 1 is 0.889 bits per heavy atom. The molecule has 0 saturated carbocycles. The molecule has 2 N–H and O–H groups in total.